The zero-order valence-electron chi connectivity index (χ0n) is 18.6. The number of nitrogens with zero attached hydrogens (tertiary/aromatic N) is 2. The summed E-state index contributed by atoms with van der Waals surface area (Å²) in [6.07, 6.45) is 0. The van der Waals surface area contributed by atoms with E-state index in [1.165, 1.54) is 44.8 Å². The molecular formula is C26H28N2S2. The smallest absolute Gasteiger partial charge is 0.116 e. The van der Waals surface area contributed by atoms with Crippen LogP contribution in [0.1, 0.15) is 47.2 Å². The van der Waals surface area contributed by atoms with Gasteiger partial charge in [0.2, 0.25) is 0 Å². The molecule has 0 aliphatic carbocycles. The quantitative estimate of drug-likeness (QED) is 0.518. The van der Waals surface area contributed by atoms with Crippen molar-refractivity contribution in [2.45, 2.75) is 41.5 Å². The van der Waals surface area contributed by atoms with Crippen LogP contribution in [0.4, 0.5) is 0 Å². The Labute approximate surface area is 190 Å². The summed E-state index contributed by atoms with van der Waals surface area (Å²) in [7, 11) is 0. The van der Waals surface area contributed by atoms with Gasteiger partial charge in [0.1, 0.15) is 9.98 Å². The SMILES string of the molecule is CCN1C(=S)C2=C(c3ccc(C)cc3C)N(CC)C(=S)C2=C1c1ccc(C)cc1C. The van der Waals surface area contributed by atoms with Crippen LogP contribution in [0.25, 0.3) is 11.4 Å². The van der Waals surface area contributed by atoms with Crippen LogP contribution in [0, 0.1) is 27.7 Å². The largest absolute Gasteiger partial charge is 0.331 e. The first-order chi connectivity index (χ1) is 14.3. The molecule has 2 heterocycles. The number of likely N-dealkylation sites (N-methyl/N-ethyl adjacent to an activating group) is 2. The Balaban J connectivity index is 2.06. The van der Waals surface area contributed by atoms with Crippen LogP contribution in [-0.4, -0.2) is 32.9 Å². The molecule has 0 atom stereocenters. The molecule has 2 aliphatic heterocycles. The molecule has 4 heteroatoms. The van der Waals surface area contributed by atoms with Crippen LogP contribution < -0.4 is 0 Å². The van der Waals surface area contributed by atoms with E-state index in [-0.39, 0.29) is 0 Å². The van der Waals surface area contributed by atoms with E-state index < -0.39 is 0 Å². The van der Waals surface area contributed by atoms with Crippen molar-refractivity contribution in [1.29, 1.82) is 0 Å². The summed E-state index contributed by atoms with van der Waals surface area (Å²) in [5.74, 6) is 0. The highest BCUT2D eigenvalue weighted by atomic mass is 32.1. The number of hydrogen-bond acceptors (Lipinski definition) is 2. The molecule has 0 saturated carbocycles. The van der Waals surface area contributed by atoms with E-state index >= 15 is 0 Å². The lowest BCUT2D eigenvalue weighted by Crippen LogP contribution is -2.28. The summed E-state index contributed by atoms with van der Waals surface area (Å²) in [6.45, 7) is 14.6. The minimum atomic E-state index is 0.823. The maximum atomic E-state index is 6.06. The van der Waals surface area contributed by atoms with Crippen LogP contribution in [0.2, 0.25) is 0 Å². The van der Waals surface area contributed by atoms with Crippen LogP contribution in [-0.2, 0) is 0 Å². The second kappa shape index (κ2) is 7.75. The molecule has 0 saturated heterocycles. The first kappa shape index (κ1) is 21.0. The summed E-state index contributed by atoms with van der Waals surface area (Å²) >= 11 is 12.1. The van der Waals surface area contributed by atoms with Gasteiger partial charge in [0, 0.05) is 35.4 Å². The molecule has 0 unspecified atom stereocenters. The second-order valence-corrected chi connectivity index (χ2v) is 8.96. The molecule has 2 aromatic rings. The summed E-state index contributed by atoms with van der Waals surface area (Å²) in [5.41, 5.74) is 12.1. The predicted molar refractivity (Wildman–Crippen MR) is 136 cm³/mol. The summed E-state index contributed by atoms with van der Waals surface area (Å²) in [4.78, 5) is 6.30. The number of thiocarbonyl (C=S) groups is 2. The fraction of sp³-hybridized carbons (Fsp3) is 0.308. The van der Waals surface area contributed by atoms with E-state index in [9.17, 15) is 0 Å². The average Bonchev–Trinajstić information content (AvgIpc) is 3.14. The van der Waals surface area contributed by atoms with Gasteiger partial charge in [-0.15, -0.1) is 0 Å². The highest BCUT2D eigenvalue weighted by Gasteiger charge is 2.44. The van der Waals surface area contributed by atoms with Gasteiger partial charge < -0.3 is 9.80 Å². The molecule has 2 nitrogen and oxygen atoms in total. The lowest BCUT2D eigenvalue weighted by molar-refractivity contribution is 0.620. The van der Waals surface area contributed by atoms with E-state index in [1.54, 1.807) is 0 Å². The Hall–Kier alpha value is -2.30. The van der Waals surface area contributed by atoms with Crippen molar-refractivity contribution in [1.82, 2.24) is 9.80 Å². The van der Waals surface area contributed by atoms with Gasteiger partial charge in [-0.3, -0.25) is 0 Å². The predicted octanol–water partition coefficient (Wildman–Crippen LogP) is 6.37. The Bertz CT molecular complexity index is 1060. The molecule has 30 heavy (non-hydrogen) atoms. The van der Waals surface area contributed by atoms with Gasteiger partial charge in [0.25, 0.3) is 0 Å². The Morgan fingerprint density at radius 1 is 0.633 bits per heavy atom. The van der Waals surface area contributed by atoms with Crippen molar-refractivity contribution >= 4 is 45.8 Å². The van der Waals surface area contributed by atoms with Gasteiger partial charge in [-0.05, 0) is 52.7 Å². The zero-order valence-corrected chi connectivity index (χ0v) is 20.2. The van der Waals surface area contributed by atoms with Gasteiger partial charge in [0.05, 0.1) is 11.4 Å². The maximum absolute atomic E-state index is 6.06. The van der Waals surface area contributed by atoms with Crippen LogP contribution in [0.5, 0.6) is 0 Å². The second-order valence-electron chi connectivity index (χ2n) is 8.18. The Kier molecular flexibility index (Phi) is 5.41. The van der Waals surface area contributed by atoms with Crippen molar-refractivity contribution in [3.8, 4) is 0 Å². The average molecular weight is 433 g/mol. The molecule has 0 fully saturated rings. The van der Waals surface area contributed by atoms with Crippen molar-refractivity contribution < 1.29 is 0 Å². The van der Waals surface area contributed by atoms with Crippen molar-refractivity contribution in [2.75, 3.05) is 13.1 Å². The summed E-state index contributed by atoms with van der Waals surface area (Å²) in [6, 6.07) is 13.3. The van der Waals surface area contributed by atoms with Gasteiger partial charge in [-0.1, -0.05) is 72.0 Å². The standard InChI is InChI=1S/C26H28N2S2/c1-7-27-23(19-11-9-15(3)13-17(19)5)21-22(25(27)29)24(28(8-2)26(21)30)20-12-10-16(4)14-18(20)6/h9-14H,7-8H2,1-6H3. The lowest BCUT2D eigenvalue weighted by Gasteiger charge is -2.27. The fourth-order valence-corrected chi connectivity index (χ4v) is 5.56. The number of aryl methyl sites for hydroxylation is 4. The van der Waals surface area contributed by atoms with Gasteiger partial charge in [0.15, 0.2) is 0 Å². The zero-order chi connectivity index (χ0) is 21.7. The number of rotatable bonds is 4. The molecule has 0 radical (unpaired) electrons. The van der Waals surface area contributed by atoms with Gasteiger partial charge in [-0.25, -0.2) is 0 Å². The lowest BCUT2D eigenvalue weighted by atomic mass is 9.97. The van der Waals surface area contributed by atoms with Crippen LogP contribution in [0.15, 0.2) is 47.5 Å². The van der Waals surface area contributed by atoms with E-state index in [4.69, 9.17) is 24.4 Å². The number of hydrogen-bond donors (Lipinski definition) is 0. The van der Waals surface area contributed by atoms with E-state index in [1.807, 2.05) is 0 Å². The van der Waals surface area contributed by atoms with Crippen molar-refractivity contribution in [3.63, 3.8) is 0 Å². The maximum Gasteiger partial charge on any atom is 0.116 e. The molecular weight excluding hydrogens is 404 g/mol. The Morgan fingerprint density at radius 2 is 1.00 bits per heavy atom. The first-order valence-corrected chi connectivity index (χ1v) is 11.4. The molecule has 0 amide bonds. The molecule has 0 N–H and O–H groups in total. The van der Waals surface area contributed by atoms with Crippen LogP contribution >= 0.6 is 24.4 Å². The summed E-state index contributed by atoms with van der Waals surface area (Å²) < 4.78 is 0. The molecule has 4 rings (SSSR count). The van der Waals surface area contributed by atoms with E-state index in [0.717, 1.165) is 34.2 Å². The molecule has 0 aromatic heterocycles. The molecule has 154 valence electrons. The normalized spacial score (nSPS) is 16.3. The number of benzene rings is 2. The highest BCUT2D eigenvalue weighted by molar-refractivity contribution is 7.81. The third-order valence-electron chi connectivity index (χ3n) is 6.09. The topological polar surface area (TPSA) is 6.48 Å². The van der Waals surface area contributed by atoms with Gasteiger partial charge >= 0.3 is 0 Å². The van der Waals surface area contributed by atoms with Crippen LogP contribution in [0.3, 0.4) is 0 Å². The first-order valence-electron chi connectivity index (χ1n) is 10.6. The van der Waals surface area contributed by atoms with Crippen molar-refractivity contribution in [3.05, 3.63) is 80.9 Å². The molecule has 0 bridgehead atoms. The third-order valence-corrected chi connectivity index (χ3v) is 6.94. The van der Waals surface area contributed by atoms with E-state index in [2.05, 4.69) is 87.7 Å². The summed E-state index contributed by atoms with van der Waals surface area (Å²) in [5, 5.41) is 0. The molecule has 2 aromatic carbocycles. The highest BCUT2D eigenvalue weighted by Crippen LogP contribution is 2.48. The molecule has 2 aliphatic rings. The fourth-order valence-electron chi connectivity index (χ4n) is 4.72. The monoisotopic (exact) mass is 432 g/mol. The Morgan fingerprint density at radius 3 is 1.30 bits per heavy atom. The number of fused-ring (bicyclic) bond motifs is 1. The van der Waals surface area contributed by atoms with Crippen molar-refractivity contribution in [2.24, 2.45) is 0 Å². The molecule has 0 spiro atoms. The minimum absolute atomic E-state index is 0.823. The minimum Gasteiger partial charge on any atom is -0.331 e. The third kappa shape index (κ3) is 3.05. The van der Waals surface area contributed by atoms with E-state index in [0.29, 0.717) is 0 Å². The van der Waals surface area contributed by atoms with Gasteiger partial charge in [-0.2, -0.15) is 0 Å².